The number of benzene rings is 1. The van der Waals surface area contributed by atoms with Gasteiger partial charge in [-0.15, -0.1) is 0 Å². The Morgan fingerprint density at radius 3 is 2.94 bits per heavy atom. The third-order valence-corrected chi connectivity index (χ3v) is 3.48. The molecule has 1 heterocycles. The van der Waals surface area contributed by atoms with Crippen LogP contribution in [-0.4, -0.2) is 17.6 Å². The zero-order valence-electron chi connectivity index (χ0n) is 9.13. The average molecular weight is 282 g/mol. The molecule has 2 rings (SSSR count). The second-order valence-electron chi connectivity index (χ2n) is 3.56. The van der Waals surface area contributed by atoms with E-state index in [2.05, 4.69) is 20.9 Å². The van der Waals surface area contributed by atoms with E-state index in [-0.39, 0.29) is 5.97 Å². The SMILES string of the molecule is CCOC(=O)c1cc2c(Br)c(C)ccc2[nH]1. The lowest BCUT2D eigenvalue weighted by atomic mass is 10.2. The molecule has 0 aliphatic rings. The van der Waals surface area contributed by atoms with Gasteiger partial charge in [-0.05, 0) is 47.5 Å². The third-order valence-electron chi connectivity index (χ3n) is 2.43. The van der Waals surface area contributed by atoms with Gasteiger partial charge in [-0.3, -0.25) is 0 Å². The Morgan fingerprint density at radius 1 is 1.50 bits per heavy atom. The highest BCUT2D eigenvalue weighted by molar-refractivity contribution is 9.10. The molecule has 16 heavy (non-hydrogen) atoms. The summed E-state index contributed by atoms with van der Waals surface area (Å²) in [5.41, 5.74) is 2.56. The molecule has 0 aliphatic carbocycles. The summed E-state index contributed by atoms with van der Waals surface area (Å²) in [5, 5.41) is 1.00. The van der Waals surface area contributed by atoms with Crippen molar-refractivity contribution in [3.05, 3.63) is 33.9 Å². The number of aromatic amines is 1. The van der Waals surface area contributed by atoms with E-state index in [1.54, 1.807) is 6.92 Å². The zero-order valence-corrected chi connectivity index (χ0v) is 10.7. The van der Waals surface area contributed by atoms with Crippen molar-refractivity contribution in [2.75, 3.05) is 6.61 Å². The first-order chi connectivity index (χ1) is 7.63. The molecule has 0 spiro atoms. The van der Waals surface area contributed by atoms with Gasteiger partial charge in [0.05, 0.1) is 6.61 Å². The van der Waals surface area contributed by atoms with Crippen LogP contribution in [0.2, 0.25) is 0 Å². The van der Waals surface area contributed by atoms with Gasteiger partial charge in [0, 0.05) is 15.4 Å². The topological polar surface area (TPSA) is 42.1 Å². The van der Waals surface area contributed by atoms with Crippen molar-refractivity contribution in [3.8, 4) is 0 Å². The minimum Gasteiger partial charge on any atom is -0.461 e. The van der Waals surface area contributed by atoms with Gasteiger partial charge in [-0.25, -0.2) is 4.79 Å². The van der Waals surface area contributed by atoms with Crippen LogP contribution >= 0.6 is 15.9 Å². The van der Waals surface area contributed by atoms with Crippen molar-refractivity contribution in [2.45, 2.75) is 13.8 Å². The van der Waals surface area contributed by atoms with E-state index < -0.39 is 0 Å². The number of aromatic nitrogens is 1. The molecule has 0 saturated heterocycles. The Bertz CT molecular complexity index is 545. The fourth-order valence-corrected chi connectivity index (χ4v) is 2.06. The first-order valence-electron chi connectivity index (χ1n) is 5.08. The maximum atomic E-state index is 11.5. The van der Waals surface area contributed by atoms with E-state index in [0.29, 0.717) is 12.3 Å². The Morgan fingerprint density at radius 2 is 2.25 bits per heavy atom. The normalized spacial score (nSPS) is 10.7. The molecule has 0 radical (unpaired) electrons. The smallest absolute Gasteiger partial charge is 0.354 e. The van der Waals surface area contributed by atoms with E-state index in [0.717, 1.165) is 20.9 Å². The number of esters is 1. The number of rotatable bonds is 2. The lowest BCUT2D eigenvalue weighted by Crippen LogP contribution is -2.04. The third kappa shape index (κ3) is 1.85. The molecule has 3 nitrogen and oxygen atoms in total. The highest BCUT2D eigenvalue weighted by atomic mass is 79.9. The standard InChI is InChI=1S/C12H12BrNO2/c1-3-16-12(15)10-6-8-9(14-10)5-4-7(2)11(8)13/h4-6,14H,3H2,1-2H3. The summed E-state index contributed by atoms with van der Waals surface area (Å²) in [4.78, 5) is 14.6. The highest BCUT2D eigenvalue weighted by Gasteiger charge is 2.12. The highest BCUT2D eigenvalue weighted by Crippen LogP contribution is 2.28. The largest absolute Gasteiger partial charge is 0.461 e. The first-order valence-corrected chi connectivity index (χ1v) is 5.87. The van der Waals surface area contributed by atoms with Gasteiger partial charge in [0.2, 0.25) is 0 Å². The Balaban J connectivity index is 2.52. The van der Waals surface area contributed by atoms with Crippen LogP contribution in [0.1, 0.15) is 23.0 Å². The molecule has 84 valence electrons. The molecule has 1 aromatic carbocycles. The van der Waals surface area contributed by atoms with Crippen molar-refractivity contribution in [3.63, 3.8) is 0 Å². The fourth-order valence-electron chi connectivity index (χ4n) is 1.60. The van der Waals surface area contributed by atoms with Gasteiger partial charge in [0.15, 0.2) is 0 Å². The minimum atomic E-state index is -0.316. The molecule has 4 heteroatoms. The van der Waals surface area contributed by atoms with Crippen molar-refractivity contribution in [2.24, 2.45) is 0 Å². The molecule has 0 atom stereocenters. The van der Waals surface area contributed by atoms with Gasteiger partial charge in [-0.2, -0.15) is 0 Å². The predicted octanol–water partition coefficient (Wildman–Crippen LogP) is 3.42. The van der Waals surface area contributed by atoms with Crippen LogP contribution in [0.3, 0.4) is 0 Å². The number of carbonyl (C=O) groups is 1. The molecular weight excluding hydrogens is 270 g/mol. The van der Waals surface area contributed by atoms with E-state index in [9.17, 15) is 4.79 Å². The molecule has 0 aliphatic heterocycles. The number of carbonyl (C=O) groups excluding carboxylic acids is 1. The van der Waals surface area contributed by atoms with Crippen LogP contribution in [0, 0.1) is 6.92 Å². The monoisotopic (exact) mass is 281 g/mol. The molecule has 0 fully saturated rings. The van der Waals surface area contributed by atoms with E-state index in [4.69, 9.17) is 4.74 Å². The summed E-state index contributed by atoms with van der Waals surface area (Å²) in [5.74, 6) is -0.316. The van der Waals surface area contributed by atoms with Crippen LogP contribution in [0.4, 0.5) is 0 Å². The Labute approximate surface area is 102 Å². The van der Waals surface area contributed by atoms with Crippen LogP contribution in [0.15, 0.2) is 22.7 Å². The number of fused-ring (bicyclic) bond motifs is 1. The minimum absolute atomic E-state index is 0.316. The summed E-state index contributed by atoms with van der Waals surface area (Å²) in [6.45, 7) is 4.19. The quantitative estimate of drug-likeness (QED) is 0.857. The Hall–Kier alpha value is -1.29. The molecular formula is C12H12BrNO2. The molecule has 0 bridgehead atoms. The van der Waals surface area contributed by atoms with Gasteiger partial charge in [0.1, 0.15) is 5.69 Å². The van der Waals surface area contributed by atoms with Crippen molar-refractivity contribution < 1.29 is 9.53 Å². The van der Waals surface area contributed by atoms with Crippen LogP contribution in [0.5, 0.6) is 0 Å². The maximum absolute atomic E-state index is 11.5. The number of ether oxygens (including phenoxy) is 1. The van der Waals surface area contributed by atoms with Crippen molar-refractivity contribution >= 4 is 32.8 Å². The number of H-pyrrole nitrogens is 1. The van der Waals surface area contributed by atoms with E-state index in [1.807, 2.05) is 25.1 Å². The Kier molecular flexibility index (Phi) is 3.01. The average Bonchev–Trinajstić information content (AvgIpc) is 2.69. The number of nitrogens with one attached hydrogen (secondary N) is 1. The lowest BCUT2D eigenvalue weighted by molar-refractivity contribution is 0.0520. The fraction of sp³-hybridized carbons (Fsp3) is 0.250. The summed E-state index contributed by atoms with van der Waals surface area (Å²) in [6.07, 6.45) is 0. The van der Waals surface area contributed by atoms with E-state index in [1.165, 1.54) is 0 Å². The number of halogens is 1. The second-order valence-corrected chi connectivity index (χ2v) is 4.35. The maximum Gasteiger partial charge on any atom is 0.354 e. The van der Waals surface area contributed by atoms with Crippen molar-refractivity contribution in [1.82, 2.24) is 4.98 Å². The zero-order chi connectivity index (χ0) is 11.7. The summed E-state index contributed by atoms with van der Waals surface area (Å²) >= 11 is 3.51. The van der Waals surface area contributed by atoms with Gasteiger partial charge in [0.25, 0.3) is 0 Å². The van der Waals surface area contributed by atoms with Crippen molar-refractivity contribution in [1.29, 1.82) is 0 Å². The number of aryl methyl sites for hydroxylation is 1. The van der Waals surface area contributed by atoms with Crippen LogP contribution in [0.25, 0.3) is 10.9 Å². The number of hydrogen-bond acceptors (Lipinski definition) is 2. The van der Waals surface area contributed by atoms with Gasteiger partial charge in [-0.1, -0.05) is 6.07 Å². The molecule has 2 aromatic rings. The summed E-state index contributed by atoms with van der Waals surface area (Å²) < 4.78 is 5.95. The van der Waals surface area contributed by atoms with Crippen LogP contribution in [-0.2, 0) is 4.74 Å². The molecule has 0 saturated carbocycles. The molecule has 1 aromatic heterocycles. The van der Waals surface area contributed by atoms with E-state index >= 15 is 0 Å². The lowest BCUT2D eigenvalue weighted by Gasteiger charge is -1.97. The number of hydrogen-bond donors (Lipinski definition) is 1. The molecule has 0 unspecified atom stereocenters. The molecule has 0 amide bonds. The van der Waals surface area contributed by atoms with Crippen LogP contribution < -0.4 is 0 Å². The predicted molar refractivity (Wildman–Crippen MR) is 66.7 cm³/mol. The molecule has 1 N–H and O–H groups in total. The summed E-state index contributed by atoms with van der Waals surface area (Å²) in [6, 6.07) is 5.76. The second kappa shape index (κ2) is 4.29. The first kappa shape index (κ1) is 11.2. The summed E-state index contributed by atoms with van der Waals surface area (Å²) in [7, 11) is 0. The van der Waals surface area contributed by atoms with Gasteiger partial charge < -0.3 is 9.72 Å². The van der Waals surface area contributed by atoms with Gasteiger partial charge >= 0.3 is 5.97 Å².